The summed E-state index contributed by atoms with van der Waals surface area (Å²) < 4.78 is 27.0. The lowest BCUT2D eigenvalue weighted by molar-refractivity contribution is -0.306. The molecule has 15 atom stereocenters. The molecule has 22 nitrogen and oxygen atoms in total. The zero-order valence-electron chi connectivity index (χ0n) is 29.4. The molecule has 16 N–H and O–H groups in total. The SMILES string of the molecule is OCC(O)C(COC1OC(CO)C(O)C(O)C1O)CN(CCc1ccc(O)cc1)COCC(O)C(O)C(O)COC1OC(CO)C(O)C(O)C1O.OCO. The second-order valence-corrected chi connectivity index (χ2v) is 12.8. The van der Waals surface area contributed by atoms with Crippen LogP contribution in [0.15, 0.2) is 24.3 Å². The highest BCUT2D eigenvalue weighted by Crippen LogP contribution is 2.24. The summed E-state index contributed by atoms with van der Waals surface area (Å²) in [5.74, 6) is -0.813. The van der Waals surface area contributed by atoms with E-state index in [0.717, 1.165) is 5.56 Å². The lowest BCUT2D eigenvalue weighted by Crippen LogP contribution is -2.59. The number of hydrogen-bond donors (Lipinski definition) is 16. The number of aromatic hydroxyl groups is 1. The van der Waals surface area contributed by atoms with Crippen molar-refractivity contribution in [3.63, 3.8) is 0 Å². The van der Waals surface area contributed by atoms with Crippen molar-refractivity contribution in [3.05, 3.63) is 29.8 Å². The number of phenolic OH excluding ortho intramolecular Hbond substituents is 1. The van der Waals surface area contributed by atoms with E-state index in [1.54, 1.807) is 17.0 Å². The van der Waals surface area contributed by atoms with Gasteiger partial charge in [0.05, 0.1) is 52.5 Å². The Labute approximate surface area is 310 Å². The maximum atomic E-state index is 10.6. The first-order chi connectivity index (χ1) is 25.6. The molecule has 1 aromatic rings. The number of aliphatic hydroxyl groups is 15. The van der Waals surface area contributed by atoms with Gasteiger partial charge in [0.1, 0.15) is 79.7 Å². The van der Waals surface area contributed by atoms with Gasteiger partial charge in [-0.1, -0.05) is 12.1 Å². The summed E-state index contributed by atoms with van der Waals surface area (Å²) >= 11 is 0. The van der Waals surface area contributed by atoms with E-state index in [0.29, 0.717) is 6.42 Å². The number of hydrogen-bond acceptors (Lipinski definition) is 22. The van der Waals surface area contributed by atoms with Crippen LogP contribution in [0, 0.1) is 5.92 Å². The fraction of sp³-hybridized carbons (Fsp3) is 0.812. The second kappa shape index (κ2) is 24.7. The molecule has 0 spiro atoms. The Morgan fingerprint density at radius 3 is 1.59 bits per heavy atom. The monoisotopic (exact) mass is 791 g/mol. The molecule has 2 aliphatic heterocycles. The molecule has 0 radical (unpaired) electrons. The number of phenols is 1. The van der Waals surface area contributed by atoms with Gasteiger partial charge < -0.3 is 105 Å². The van der Waals surface area contributed by atoms with Gasteiger partial charge in [-0.3, -0.25) is 4.90 Å². The Kier molecular flexibility index (Phi) is 22.1. The lowest BCUT2D eigenvalue weighted by Gasteiger charge is -2.40. The molecule has 1 aromatic carbocycles. The molecule has 2 saturated heterocycles. The van der Waals surface area contributed by atoms with Gasteiger partial charge in [-0.15, -0.1) is 0 Å². The summed E-state index contributed by atoms with van der Waals surface area (Å²) in [7, 11) is 0. The minimum atomic E-state index is -1.84. The number of rotatable bonds is 21. The predicted molar refractivity (Wildman–Crippen MR) is 178 cm³/mol. The molecule has 3 rings (SSSR count). The van der Waals surface area contributed by atoms with E-state index in [-0.39, 0.29) is 32.2 Å². The molecule has 0 bridgehead atoms. The van der Waals surface area contributed by atoms with Crippen LogP contribution in [0.3, 0.4) is 0 Å². The van der Waals surface area contributed by atoms with Crippen LogP contribution in [0.1, 0.15) is 5.56 Å². The molecule has 0 aromatic heterocycles. The maximum Gasteiger partial charge on any atom is 0.186 e. The second-order valence-electron chi connectivity index (χ2n) is 12.8. The first-order valence-electron chi connectivity index (χ1n) is 17.1. The maximum absolute atomic E-state index is 10.6. The first-order valence-corrected chi connectivity index (χ1v) is 17.1. The van der Waals surface area contributed by atoms with Crippen LogP contribution in [0.25, 0.3) is 0 Å². The van der Waals surface area contributed by atoms with Crippen molar-refractivity contribution in [3.8, 4) is 5.75 Å². The average Bonchev–Trinajstić information content (AvgIpc) is 3.16. The quantitative estimate of drug-likeness (QED) is 0.0514. The van der Waals surface area contributed by atoms with Crippen LogP contribution >= 0.6 is 0 Å². The average molecular weight is 792 g/mol. The van der Waals surface area contributed by atoms with Crippen molar-refractivity contribution in [1.29, 1.82) is 0 Å². The van der Waals surface area contributed by atoms with Gasteiger partial charge in [0.15, 0.2) is 12.6 Å². The number of nitrogens with zero attached hydrogens (tertiary/aromatic N) is 1. The van der Waals surface area contributed by atoms with E-state index >= 15 is 0 Å². The minimum absolute atomic E-state index is 0.0224. The highest BCUT2D eigenvalue weighted by molar-refractivity contribution is 5.26. The third-order valence-corrected chi connectivity index (χ3v) is 8.83. The Bertz CT molecular complexity index is 1120. The van der Waals surface area contributed by atoms with E-state index in [1.807, 2.05) is 0 Å². The van der Waals surface area contributed by atoms with Crippen molar-refractivity contribution < 1.29 is 105 Å². The van der Waals surface area contributed by atoms with Crippen LogP contribution in [0.5, 0.6) is 5.75 Å². The van der Waals surface area contributed by atoms with Gasteiger partial charge in [-0.2, -0.15) is 0 Å². The Morgan fingerprint density at radius 1 is 0.630 bits per heavy atom. The fourth-order valence-corrected chi connectivity index (χ4v) is 5.50. The van der Waals surface area contributed by atoms with Crippen LogP contribution in [-0.2, 0) is 30.1 Å². The standard InChI is InChI=1S/C31H53NO19.CH4O2/c33-8-18(37)16(11-48-30-28(45)26(43)24(41)21(9-34)50-30)7-32(6-5-15-1-3-17(36)4-2-15)14-47-12-19(38)23(40)20(39)13-49-31-29(46)27(44)25(42)22(10-35)51-31;2-1-3/h1-4,16,18-31,33-46H,5-14H2;2-3H,1H2. The van der Waals surface area contributed by atoms with Gasteiger partial charge >= 0.3 is 0 Å². The molecule has 54 heavy (non-hydrogen) atoms. The smallest absolute Gasteiger partial charge is 0.186 e. The highest BCUT2D eigenvalue weighted by atomic mass is 16.7. The van der Waals surface area contributed by atoms with Crippen molar-refractivity contribution in [2.75, 3.05) is 66.3 Å². The number of ether oxygens (including phenoxy) is 5. The van der Waals surface area contributed by atoms with Crippen LogP contribution in [-0.4, -0.2) is 239 Å². The summed E-state index contributed by atoms with van der Waals surface area (Å²) in [5.41, 5.74) is 0.813. The van der Waals surface area contributed by atoms with Gasteiger partial charge in [0.25, 0.3) is 0 Å². The topological polar surface area (TPSA) is 373 Å². The van der Waals surface area contributed by atoms with E-state index in [1.165, 1.54) is 12.1 Å². The zero-order valence-corrected chi connectivity index (χ0v) is 29.4. The fourth-order valence-electron chi connectivity index (χ4n) is 5.50. The van der Waals surface area contributed by atoms with Crippen molar-refractivity contribution >= 4 is 0 Å². The zero-order chi connectivity index (χ0) is 40.5. The summed E-state index contributed by atoms with van der Waals surface area (Å²) in [6.07, 6.45) is -21.9. The van der Waals surface area contributed by atoms with Crippen molar-refractivity contribution in [2.24, 2.45) is 5.92 Å². The largest absolute Gasteiger partial charge is 0.508 e. The predicted octanol–water partition coefficient (Wildman–Crippen LogP) is -8.18. The third-order valence-electron chi connectivity index (χ3n) is 8.83. The molecule has 22 heteroatoms. The van der Waals surface area contributed by atoms with Gasteiger partial charge in [-0.05, 0) is 24.1 Å². The molecule has 0 saturated carbocycles. The van der Waals surface area contributed by atoms with E-state index in [4.69, 9.17) is 33.9 Å². The van der Waals surface area contributed by atoms with Crippen molar-refractivity contribution in [2.45, 2.75) is 92.2 Å². The molecule has 2 fully saturated rings. The summed E-state index contributed by atoms with van der Waals surface area (Å²) in [6, 6.07) is 6.36. The number of aliphatic hydroxyl groups excluding tert-OH is 14. The molecule has 15 unspecified atom stereocenters. The summed E-state index contributed by atoms with van der Waals surface area (Å²) in [4.78, 5) is 1.66. The van der Waals surface area contributed by atoms with Crippen LogP contribution in [0.4, 0.5) is 0 Å². The molecular weight excluding hydrogens is 734 g/mol. The summed E-state index contributed by atoms with van der Waals surface area (Å²) in [5, 5.41) is 155. The van der Waals surface area contributed by atoms with Crippen molar-refractivity contribution in [1.82, 2.24) is 4.90 Å². The molecule has 316 valence electrons. The Balaban J connectivity index is 0.00000325. The van der Waals surface area contributed by atoms with Crippen LogP contribution in [0.2, 0.25) is 0 Å². The van der Waals surface area contributed by atoms with Gasteiger partial charge in [0, 0.05) is 19.0 Å². The van der Waals surface area contributed by atoms with E-state index < -0.39 is 132 Å². The highest BCUT2D eigenvalue weighted by Gasteiger charge is 2.45. The van der Waals surface area contributed by atoms with E-state index in [2.05, 4.69) is 0 Å². The third kappa shape index (κ3) is 14.6. The molecular formula is C32H57NO21. The van der Waals surface area contributed by atoms with E-state index in [9.17, 15) is 71.5 Å². The molecule has 0 aliphatic carbocycles. The summed E-state index contributed by atoms with van der Waals surface area (Å²) in [6.45, 7) is -4.39. The first kappa shape index (κ1) is 48.3. The minimum Gasteiger partial charge on any atom is -0.508 e. The van der Waals surface area contributed by atoms with Crippen LogP contribution < -0.4 is 0 Å². The normalized spacial score (nSPS) is 31.6. The Morgan fingerprint density at radius 2 is 1.11 bits per heavy atom. The Hall–Kier alpha value is -1.82. The van der Waals surface area contributed by atoms with Gasteiger partial charge in [-0.25, -0.2) is 0 Å². The van der Waals surface area contributed by atoms with Gasteiger partial charge in [0.2, 0.25) is 0 Å². The number of benzene rings is 1. The molecule has 0 amide bonds. The lowest BCUT2D eigenvalue weighted by atomic mass is 9.99. The molecule has 2 aliphatic rings. The molecule has 2 heterocycles.